The number of nitrogens with one attached hydrogen (secondary N) is 1. The molecule has 0 aromatic carbocycles. The third-order valence-electron chi connectivity index (χ3n) is 1.85. The van der Waals surface area contributed by atoms with Gasteiger partial charge in [-0.3, -0.25) is 0 Å². The largest absolute Gasteiger partial charge is 0.479 e. The summed E-state index contributed by atoms with van der Waals surface area (Å²) < 4.78 is 5.05. The monoisotopic (exact) mass is 197 g/mol. The van der Waals surface area contributed by atoms with Crippen molar-refractivity contribution < 1.29 is 4.74 Å². The van der Waals surface area contributed by atoms with Gasteiger partial charge in [0.25, 0.3) is 0 Å². The number of hydrogen-bond donors (Lipinski definition) is 1. The summed E-state index contributed by atoms with van der Waals surface area (Å²) in [5.41, 5.74) is 2.61. The highest BCUT2D eigenvalue weighted by Crippen LogP contribution is 2.24. The lowest BCUT2D eigenvalue weighted by Gasteiger charge is -2.00. The van der Waals surface area contributed by atoms with Gasteiger partial charge in [0, 0.05) is 6.20 Å². The summed E-state index contributed by atoms with van der Waals surface area (Å²) in [6.45, 7) is 1.95. The number of fused-ring (bicyclic) bond motifs is 1. The number of halogens is 1. The Bertz CT molecular complexity index is 452. The number of aromatic nitrogens is 3. The second-order valence-electron chi connectivity index (χ2n) is 2.70. The maximum Gasteiger partial charge on any atom is 0.242 e. The van der Waals surface area contributed by atoms with Crippen LogP contribution < -0.4 is 4.74 Å². The fourth-order valence-corrected chi connectivity index (χ4v) is 1.39. The average molecular weight is 198 g/mol. The first-order chi connectivity index (χ1) is 6.22. The van der Waals surface area contributed by atoms with Gasteiger partial charge in [0.2, 0.25) is 11.2 Å². The van der Waals surface area contributed by atoms with Gasteiger partial charge in [-0.1, -0.05) is 0 Å². The molecule has 0 amide bonds. The van der Waals surface area contributed by atoms with Gasteiger partial charge >= 0.3 is 0 Å². The number of rotatable bonds is 1. The van der Waals surface area contributed by atoms with Crippen LogP contribution in [0, 0.1) is 6.92 Å². The maximum absolute atomic E-state index is 5.72. The zero-order valence-corrected chi connectivity index (χ0v) is 8.01. The number of H-pyrrole nitrogens is 1. The molecule has 2 heterocycles. The molecular weight excluding hydrogens is 190 g/mol. The lowest BCUT2D eigenvalue weighted by molar-refractivity contribution is 0.402. The molecule has 1 N–H and O–H groups in total. The topological polar surface area (TPSA) is 50.8 Å². The molecule has 0 aliphatic rings. The van der Waals surface area contributed by atoms with E-state index < -0.39 is 0 Å². The highest BCUT2D eigenvalue weighted by atomic mass is 35.5. The molecule has 0 aliphatic carbocycles. The molecule has 0 saturated heterocycles. The fourth-order valence-electron chi connectivity index (χ4n) is 1.23. The molecule has 0 saturated carbocycles. The van der Waals surface area contributed by atoms with Gasteiger partial charge in [-0.15, -0.1) is 0 Å². The van der Waals surface area contributed by atoms with Gasteiger partial charge in [0.15, 0.2) is 0 Å². The highest BCUT2D eigenvalue weighted by molar-refractivity contribution is 6.28. The number of nitrogens with zero attached hydrogens (tertiary/aromatic N) is 2. The summed E-state index contributed by atoms with van der Waals surface area (Å²) in [6.07, 6.45) is 1.85. The van der Waals surface area contributed by atoms with Crippen molar-refractivity contribution in [1.82, 2.24) is 15.0 Å². The van der Waals surface area contributed by atoms with Crippen molar-refractivity contribution >= 4 is 22.6 Å². The maximum atomic E-state index is 5.72. The summed E-state index contributed by atoms with van der Waals surface area (Å²) in [4.78, 5) is 11.0. The van der Waals surface area contributed by atoms with Crippen molar-refractivity contribution in [3.05, 3.63) is 17.0 Å². The van der Waals surface area contributed by atoms with Gasteiger partial charge in [0.1, 0.15) is 5.52 Å². The summed E-state index contributed by atoms with van der Waals surface area (Å²) in [6, 6.07) is 0. The summed E-state index contributed by atoms with van der Waals surface area (Å²) in [5.74, 6) is 0.475. The Morgan fingerprint density at radius 1 is 1.46 bits per heavy atom. The fraction of sp³-hybridized carbons (Fsp3) is 0.250. The number of ether oxygens (including phenoxy) is 1. The molecule has 0 aliphatic heterocycles. The second kappa shape index (κ2) is 2.88. The van der Waals surface area contributed by atoms with Gasteiger partial charge in [-0.2, -0.15) is 4.98 Å². The van der Waals surface area contributed by atoms with Crippen molar-refractivity contribution in [1.29, 1.82) is 0 Å². The first kappa shape index (κ1) is 8.31. The van der Waals surface area contributed by atoms with Crippen LogP contribution in [0.1, 0.15) is 5.56 Å². The van der Waals surface area contributed by atoms with E-state index in [-0.39, 0.29) is 5.28 Å². The molecule has 2 aromatic heterocycles. The minimum atomic E-state index is 0.201. The third kappa shape index (κ3) is 1.23. The molecule has 0 atom stereocenters. The van der Waals surface area contributed by atoms with E-state index in [4.69, 9.17) is 16.3 Å². The van der Waals surface area contributed by atoms with Gasteiger partial charge in [-0.05, 0) is 24.1 Å². The van der Waals surface area contributed by atoms with Crippen LogP contribution in [0.2, 0.25) is 5.28 Å². The van der Waals surface area contributed by atoms with E-state index in [0.717, 1.165) is 16.6 Å². The molecule has 2 rings (SSSR count). The van der Waals surface area contributed by atoms with E-state index in [9.17, 15) is 0 Å². The van der Waals surface area contributed by atoms with Crippen molar-refractivity contribution in [2.75, 3.05) is 7.11 Å². The van der Waals surface area contributed by atoms with Crippen molar-refractivity contribution in [3.8, 4) is 5.88 Å². The summed E-state index contributed by atoms with van der Waals surface area (Å²) >= 11 is 5.72. The van der Waals surface area contributed by atoms with E-state index in [1.165, 1.54) is 0 Å². The lowest BCUT2D eigenvalue weighted by Crippen LogP contribution is -1.92. The van der Waals surface area contributed by atoms with E-state index in [2.05, 4.69) is 15.0 Å². The Labute approximate surface area is 79.9 Å². The predicted octanol–water partition coefficient (Wildman–Crippen LogP) is 1.93. The number of hydrogen-bond acceptors (Lipinski definition) is 3. The van der Waals surface area contributed by atoms with Crippen LogP contribution in [0.3, 0.4) is 0 Å². The third-order valence-corrected chi connectivity index (χ3v) is 2.02. The zero-order valence-electron chi connectivity index (χ0n) is 7.26. The molecule has 2 aromatic rings. The van der Waals surface area contributed by atoms with E-state index in [0.29, 0.717) is 5.88 Å². The Morgan fingerprint density at radius 2 is 2.23 bits per heavy atom. The summed E-state index contributed by atoms with van der Waals surface area (Å²) in [5, 5.41) is 0.201. The Hall–Kier alpha value is -1.29. The van der Waals surface area contributed by atoms with Crippen LogP contribution in [0.15, 0.2) is 6.20 Å². The number of aryl methyl sites for hydroxylation is 1. The van der Waals surface area contributed by atoms with Gasteiger partial charge in [-0.25, -0.2) is 4.98 Å². The molecular formula is C8H8ClN3O. The Balaban J connectivity index is 2.84. The van der Waals surface area contributed by atoms with Crippen molar-refractivity contribution in [3.63, 3.8) is 0 Å². The quantitative estimate of drug-likeness (QED) is 0.711. The molecule has 4 nitrogen and oxygen atoms in total. The standard InChI is InChI=1S/C8H8ClN3O/c1-4-3-10-6-5(4)11-8(9)12-7(6)13-2/h3,10H,1-2H3. The SMILES string of the molecule is COc1nc(Cl)nc2c(C)c[nH]c12. The van der Waals surface area contributed by atoms with Crippen LogP contribution in [-0.2, 0) is 0 Å². The molecule has 0 fully saturated rings. The molecule has 5 heteroatoms. The second-order valence-corrected chi connectivity index (χ2v) is 3.04. The molecule has 0 radical (unpaired) electrons. The molecule has 68 valence electrons. The van der Waals surface area contributed by atoms with E-state index in [1.54, 1.807) is 7.11 Å². The van der Waals surface area contributed by atoms with Crippen LogP contribution in [0.25, 0.3) is 11.0 Å². The predicted molar refractivity (Wildman–Crippen MR) is 50.2 cm³/mol. The first-order valence-electron chi connectivity index (χ1n) is 3.77. The Kier molecular flexibility index (Phi) is 1.84. The van der Waals surface area contributed by atoms with E-state index >= 15 is 0 Å². The average Bonchev–Trinajstić information content (AvgIpc) is 2.47. The minimum absolute atomic E-state index is 0.201. The molecule has 0 bridgehead atoms. The molecule has 13 heavy (non-hydrogen) atoms. The molecule has 0 unspecified atom stereocenters. The highest BCUT2D eigenvalue weighted by Gasteiger charge is 2.09. The van der Waals surface area contributed by atoms with Crippen molar-refractivity contribution in [2.45, 2.75) is 6.92 Å². The lowest BCUT2D eigenvalue weighted by atomic mass is 10.3. The first-order valence-corrected chi connectivity index (χ1v) is 4.15. The number of aromatic amines is 1. The van der Waals surface area contributed by atoms with E-state index in [1.807, 2.05) is 13.1 Å². The van der Waals surface area contributed by atoms with Crippen LogP contribution in [0.4, 0.5) is 0 Å². The van der Waals surface area contributed by atoms with Crippen LogP contribution in [-0.4, -0.2) is 22.1 Å². The van der Waals surface area contributed by atoms with Crippen LogP contribution in [0.5, 0.6) is 5.88 Å². The smallest absolute Gasteiger partial charge is 0.242 e. The normalized spacial score (nSPS) is 10.7. The minimum Gasteiger partial charge on any atom is -0.479 e. The van der Waals surface area contributed by atoms with Gasteiger partial charge < -0.3 is 9.72 Å². The van der Waals surface area contributed by atoms with Gasteiger partial charge in [0.05, 0.1) is 12.6 Å². The zero-order chi connectivity index (χ0) is 9.42. The molecule has 0 spiro atoms. The van der Waals surface area contributed by atoms with Crippen LogP contribution >= 0.6 is 11.6 Å². The summed E-state index contributed by atoms with van der Waals surface area (Å²) in [7, 11) is 1.55. The van der Waals surface area contributed by atoms with Crippen molar-refractivity contribution in [2.24, 2.45) is 0 Å². The Morgan fingerprint density at radius 3 is 2.92 bits per heavy atom. The number of methoxy groups -OCH3 is 1.